The molecule has 0 bridgehead atoms. The summed E-state index contributed by atoms with van der Waals surface area (Å²) < 4.78 is 4.80. The third-order valence-corrected chi connectivity index (χ3v) is 1.70. The second-order valence-corrected chi connectivity index (χ2v) is 2.86. The fourth-order valence-corrected chi connectivity index (χ4v) is 1.03. The van der Waals surface area contributed by atoms with Gasteiger partial charge in [0.15, 0.2) is 0 Å². The molecule has 0 saturated heterocycles. The molecular weight excluding hydrogens is 184 g/mol. The third-order valence-electron chi connectivity index (χ3n) is 1.70. The van der Waals surface area contributed by atoms with E-state index in [1.807, 2.05) is 0 Å². The molecule has 4 nitrogen and oxygen atoms in total. The molecule has 14 heavy (non-hydrogen) atoms. The lowest BCUT2D eigenvalue weighted by atomic mass is 10.1. The second-order valence-electron chi connectivity index (χ2n) is 2.86. The fraction of sp³-hybridized carbons (Fsp3) is 0.300. The molecule has 0 unspecified atom stereocenters. The standard InChI is InChI=1S/C10H12O4/c1-7(12)14-9-4-2-8(3-5-9)10(13)6-11/h2-5,10-11,13H,6H2,1H3/t10-/m1/s1. The number of aliphatic hydroxyl groups is 2. The maximum absolute atomic E-state index is 10.6. The molecule has 0 aromatic heterocycles. The zero-order chi connectivity index (χ0) is 10.6. The molecule has 0 radical (unpaired) electrons. The molecule has 4 heteroatoms. The second kappa shape index (κ2) is 4.74. The molecule has 0 spiro atoms. The molecule has 0 aliphatic heterocycles. The molecule has 0 aliphatic carbocycles. The molecule has 0 aliphatic rings. The first-order chi connectivity index (χ1) is 6.63. The van der Waals surface area contributed by atoms with Crippen molar-refractivity contribution in [1.29, 1.82) is 0 Å². The summed E-state index contributed by atoms with van der Waals surface area (Å²) in [5, 5.41) is 17.9. The van der Waals surface area contributed by atoms with Gasteiger partial charge in [0.2, 0.25) is 0 Å². The lowest BCUT2D eigenvalue weighted by molar-refractivity contribution is -0.131. The molecule has 2 N–H and O–H groups in total. The smallest absolute Gasteiger partial charge is 0.308 e. The molecule has 0 amide bonds. The summed E-state index contributed by atoms with van der Waals surface area (Å²) in [5.74, 6) is 0.0341. The van der Waals surface area contributed by atoms with Gasteiger partial charge in [-0.25, -0.2) is 0 Å². The highest BCUT2D eigenvalue weighted by Crippen LogP contribution is 2.17. The number of rotatable bonds is 3. The fourth-order valence-electron chi connectivity index (χ4n) is 1.03. The van der Waals surface area contributed by atoms with E-state index < -0.39 is 6.10 Å². The van der Waals surface area contributed by atoms with E-state index in [1.54, 1.807) is 24.3 Å². The van der Waals surface area contributed by atoms with Gasteiger partial charge in [0.05, 0.1) is 6.61 Å². The number of carbonyl (C=O) groups is 1. The normalized spacial score (nSPS) is 12.2. The minimum atomic E-state index is -0.888. The van der Waals surface area contributed by atoms with Gasteiger partial charge >= 0.3 is 5.97 Å². The molecular formula is C10H12O4. The van der Waals surface area contributed by atoms with Crippen LogP contribution in [0.1, 0.15) is 18.6 Å². The summed E-state index contributed by atoms with van der Waals surface area (Å²) in [6.07, 6.45) is -0.888. The van der Waals surface area contributed by atoms with Gasteiger partial charge in [-0.15, -0.1) is 0 Å². The van der Waals surface area contributed by atoms with E-state index in [2.05, 4.69) is 0 Å². The summed E-state index contributed by atoms with van der Waals surface area (Å²) in [5.41, 5.74) is 0.586. The first-order valence-electron chi connectivity index (χ1n) is 4.21. The topological polar surface area (TPSA) is 66.8 Å². The van der Waals surface area contributed by atoms with E-state index in [9.17, 15) is 9.90 Å². The third kappa shape index (κ3) is 2.83. The first-order valence-corrected chi connectivity index (χ1v) is 4.21. The van der Waals surface area contributed by atoms with Crippen LogP contribution >= 0.6 is 0 Å². The van der Waals surface area contributed by atoms with Crippen LogP contribution in [0.2, 0.25) is 0 Å². The van der Waals surface area contributed by atoms with Gasteiger partial charge in [-0.05, 0) is 17.7 Å². The summed E-state index contributed by atoms with van der Waals surface area (Å²) in [6, 6.07) is 6.32. The van der Waals surface area contributed by atoms with E-state index in [-0.39, 0.29) is 12.6 Å². The Morgan fingerprint density at radius 2 is 2.00 bits per heavy atom. The largest absolute Gasteiger partial charge is 0.427 e. The summed E-state index contributed by atoms with van der Waals surface area (Å²) in [4.78, 5) is 10.6. The predicted molar refractivity (Wildman–Crippen MR) is 49.8 cm³/mol. The van der Waals surface area contributed by atoms with Crippen molar-refractivity contribution >= 4 is 5.97 Å². The van der Waals surface area contributed by atoms with Crippen molar-refractivity contribution in [3.63, 3.8) is 0 Å². The molecule has 1 atom stereocenters. The molecule has 1 aromatic rings. The van der Waals surface area contributed by atoms with Crippen LogP contribution in [-0.2, 0) is 4.79 Å². The number of benzene rings is 1. The Morgan fingerprint density at radius 3 is 2.43 bits per heavy atom. The van der Waals surface area contributed by atoms with Gasteiger partial charge in [-0.2, -0.15) is 0 Å². The van der Waals surface area contributed by atoms with Gasteiger partial charge < -0.3 is 14.9 Å². The van der Waals surface area contributed by atoms with Crippen molar-refractivity contribution < 1.29 is 19.7 Å². The van der Waals surface area contributed by atoms with E-state index in [4.69, 9.17) is 9.84 Å². The highest BCUT2D eigenvalue weighted by Gasteiger charge is 2.05. The van der Waals surface area contributed by atoms with Gasteiger partial charge in [-0.3, -0.25) is 4.79 Å². The number of ether oxygens (including phenoxy) is 1. The number of aliphatic hydroxyl groups excluding tert-OH is 2. The maximum Gasteiger partial charge on any atom is 0.308 e. The maximum atomic E-state index is 10.6. The van der Waals surface area contributed by atoms with Crippen LogP contribution in [0.15, 0.2) is 24.3 Å². The van der Waals surface area contributed by atoms with Crippen molar-refractivity contribution in [2.45, 2.75) is 13.0 Å². The van der Waals surface area contributed by atoms with Crippen molar-refractivity contribution in [3.8, 4) is 5.75 Å². The van der Waals surface area contributed by atoms with Crippen molar-refractivity contribution in [1.82, 2.24) is 0 Å². The molecule has 1 rings (SSSR count). The number of hydrogen-bond acceptors (Lipinski definition) is 4. The Balaban J connectivity index is 2.73. The van der Waals surface area contributed by atoms with Gasteiger partial charge in [0.25, 0.3) is 0 Å². The van der Waals surface area contributed by atoms with Crippen LogP contribution in [0.3, 0.4) is 0 Å². The first kappa shape index (κ1) is 10.7. The van der Waals surface area contributed by atoms with E-state index >= 15 is 0 Å². The Kier molecular flexibility index (Phi) is 3.62. The quantitative estimate of drug-likeness (QED) is 0.550. The van der Waals surface area contributed by atoms with E-state index in [0.29, 0.717) is 11.3 Å². The molecule has 76 valence electrons. The highest BCUT2D eigenvalue weighted by atomic mass is 16.5. The van der Waals surface area contributed by atoms with Crippen LogP contribution in [0.5, 0.6) is 5.75 Å². The Morgan fingerprint density at radius 1 is 1.43 bits per heavy atom. The lowest BCUT2D eigenvalue weighted by Gasteiger charge is -2.07. The number of esters is 1. The number of hydrogen-bond donors (Lipinski definition) is 2. The van der Waals surface area contributed by atoms with Gasteiger partial charge in [0.1, 0.15) is 11.9 Å². The zero-order valence-electron chi connectivity index (χ0n) is 7.80. The Labute approximate surface area is 81.8 Å². The average Bonchev–Trinajstić information content (AvgIpc) is 2.17. The van der Waals surface area contributed by atoms with Crippen molar-refractivity contribution in [2.24, 2.45) is 0 Å². The van der Waals surface area contributed by atoms with Crippen LogP contribution in [0.25, 0.3) is 0 Å². The molecule has 0 fully saturated rings. The van der Waals surface area contributed by atoms with Crippen LogP contribution in [-0.4, -0.2) is 22.8 Å². The lowest BCUT2D eigenvalue weighted by Crippen LogP contribution is -2.04. The highest BCUT2D eigenvalue weighted by molar-refractivity contribution is 5.69. The van der Waals surface area contributed by atoms with Gasteiger partial charge in [-0.1, -0.05) is 12.1 Å². The SMILES string of the molecule is CC(=O)Oc1ccc([C@H](O)CO)cc1. The Bertz CT molecular complexity index is 304. The van der Waals surface area contributed by atoms with Crippen LogP contribution in [0.4, 0.5) is 0 Å². The minimum Gasteiger partial charge on any atom is -0.427 e. The number of carbonyl (C=O) groups excluding carboxylic acids is 1. The summed E-state index contributed by atoms with van der Waals surface area (Å²) in [7, 11) is 0. The predicted octanol–water partition coefficient (Wildman–Crippen LogP) is 0.638. The Hall–Kier alpha value is -1.39. The zero-order valence-corrected chi connectivity index (χ0v) is 7.80. The van der Waals surface area contributed by atoms with Crippen LogP contribution < -0.4 is 4.74 Å². The van der Waals surface area contributed by atoms with Crippen molar-refractivity contribution in [2.75, 3.05) is 6.61 Å². The van der Waals surface area contributed by atoms with Gasteiger partial charge in [0, 0.05) is 6.92 Å². The molecule has 0 saturated carbocycles. The van der Waals surface area contributed by atoms with E-state index in [1.165, 1.54) is 6.92 Å². The monoisotopic (exact) mass is 196 g/mol. The van der Waals surface area contributed by atoms with Crippen LogP contribution in [0, 0.1) is 0 Å². The van der Waals surface area contributed by atoms with Crippen molar-refractivity contribution in [3.05, 3.63) is 29.8 Å². The molecule has 0 heterocycles. The summed E-state index contributed by atoms with van der Waals surface area (Å²) in [6.45, 7) is 0.989. The summed E-state index contributed by atoms with van der Waals surface area (Å²) >= 11 is 0. The van der Waals surface area contributed by atoms with E-state index in [0.717, 1.165) is 0 Å². The molecule has 1 aromatic carbocycles. The minimum absolute atomic E-state index is 0.326. The average molecular weight is 196 g/mol.